The third-order valence-electron chi connectivity index (χ3n) is 4.16. The van der Waals surface area contributed by atoms with Crippen LogP contribution in [0.5, 0.6) is 5.75 Å². The van der Waals surface area contributed by atoms with E-state index >= 15 is 0 Å². The summed E-state index contributed by atoms with van der Waals surface area (Å²) in [6.07, 6.45) is 0. The van der Waals surface area contributed by atoms with Crippen LogP contribution in [0.3, 0.4) is 0 Å². The first kappa shape index (κ1) is 20.8. The van der Waals surface area contributed by atoms with Gasteiger partial charge in [0.25, 0.3) is 0 Å². The van der Waals surface area contributed by atoms with Gasteiger partial charge in [-0.05, 0) is 24.6 Å². The SMILES string of the molecule is Cc1ccc(S(=O)(=O)NCc2cc(=O)c(OCc3ccccc3)c(CO)o2)cc1. The maximum Gasteiger partial charge on any atom is 0.240 e. The zero-order chi connectivity index (χ0) is 20.9. The molecule has 0 saturated heterocycles. The Balaban J connectivity index is 1.74. The molecule has 29 heavy (non-hydrogen) atoms. The molecular weight excluding hydrogens is 394 g/mol. The Morgan fingerprint density at radius 3 is 2.41 bits per heavy atom. The van der Waals surface area contributed by atoms with Gasteiger partial charge in [-0.25, -0.2) is 13.1 Å². The van der Waals surface area contributed by atoms with Crippen LogP contribution in [0.4, 0.5) is 0 Å². The lowest BCUT2D eigenvalue weighted by Crippen LogP contribution is -2.24. The molecule has 0 unspecified atom stereocenters. The summed E-state index contributed by atoms with van der Waals surface area (Å²) >= 11 is 0. The standard InChI is InChI=1S/C21H21NO6S/c1-15-7-9-18(10-8-15)29(25,26)22-12-17-11-19(24)21(20(13-23)28-17)27-14-16-5-3-2-4-6-16/h2-11,22-23H,12-14H2,1H3. The number of rotatable bonds is 8. The van der Waals surface area contributed by atoms with Crippen LogP contribution in [-0.4, -0.2) is 13.5 Å². The summed E-state index contributed by atoms with van der Waals surface area (Å²) in [4.78, 5) is 12.5. The Morgan fingerprint density at radius 1 is 1.07 bits per heavy atom. The van der Waals surface area contributed by atoms with Gasteiger partial charge in [-0.15, -0.1) is 0 Å². The highest BCUT2D eigenvalue weighted by Crippen LogP contribution is 2.18. The number of aliphatic hydroxyl groups is 1. The average Bonchev–Trinajstić information content (AvgIpc) is 2.72. The van der Waals surface area contributed by atoms with Crippen molar-refractivity contribution in [1.82, 2.24) is 4.72 Å². The van der Waals surface area contributed by atoms with Gasteiger partial charge in [-0.3, -0.25) is 4.79 Å². The van der Waals surface area contributed by atoms with Crippen LogP contribution in [0.25, 0.3) is 0 Å². The highest BCUT2D eigenvalue weighted by Gasteiger charge is 2.17. The fourth-order valence-electron chi connectivity index (χ4n) is 2.62. The second-order valence-electron chi connectivity index (χ2n) is 6.40. The second kappa shape index (κ2) is 9.04. The maximum absolute atomic E-state index is 12.4. The quantitative estimate of drug-likeness (QED) is 0.586. The zero-order valence-electron chi connectivity index (χ0n) is 15.8. The molecule has 0 aliphatic heterocycles. The molecule has 152 valence electrons. The Hall–Kier alpha value is -2.94. The third kappa shape index (κ3) is 5.32. The molecule has 0 bridgehead atoms. The number of nitrogens with one attached hydrogen (secondary N) is 1. The lowest BCUT2D eigenvalue weighted by atomic mass is 10.2. The van der Waals surface area contributed by atoms with Crippen LogP contribution in [0.1, 0.15) is 22.6 Å². The van der Waals surface area contributed by atoms with Crippen LogP contribution in [0.15, 0.2) is 74.8 Å². The molecule has 0 atom stereocenters. The fourth-order valence-corrected chi connectivity index (χ4v) is 3.62. The Morgan fingerprint density at radius 2 is 1.76 bits per heavy atom. The molecule has 0 amide bonds. The summed E-state index contributed by atoms with van der Waals surface area (Å²) in [5.74, 6) is -0.0822. The van der Waals surface area contributed by atoms with E-state index in [1.165, 1.54) is 12.1 Å². The average molecular weight is 415 g/mol. The summed E-state index contributed by atoms with van der Waals surface area (Å²) in [5, 5.41) is 9.55. The summed E-state index contributed by atoms with van der Waals surface area (Å²) in [5.41, 5.74) is 1.29. The normalized spacial score (nSPS) is 11.4. The number of hydrogen-bond acceptors (Lipinski definition) is 6. The van der Waals surface area contributed by atoms with Gasteiger partial charge in [0.05, 0.1) is 11.4 Å². The molecule has 0 aliphatic rings. The van der Waals surface area contributed by atoms with Gasteiger partial charge in [0, 0.05) is 6.07 Å². The van der Waals surface area contributed by atoms with Crippen molar-refractivity contribution < 1.29 is 22.7 Å². The Bertz CT molecular complexity index is 1120. The fraction of sp³-hybridized carbons (Fsp3) is 0.190. The van der Waals surface area contributed by atoms with Crippen molar-refractivity contribution in [3.8, 4) is 5.75 Å². The first-order valence-electron chi connectivity index (χ1n) is 8.89. The van der Waals surface area contributed by atoms with Gasteiger partial charge in [-0.1, -0.05) is 48.0 Å². The van der Waals surface area contributed by atoms with E-state index < -0.39 is 22.1 Å². The number of aryl methyl sites for hydroxylation is 1. The van der Waals surface area contributed by atoms with E-state index in [0.29, 0.717) is 0 Å². The lowest BCUT2D eigenvalue weighted by molar-refractivity contribution is 0.213. The van der Waals surface area contributed by atoms with Gasteiger partial charge in [0.1, 0.15) is 19.0 Å². The summed E-state index contributed by atoms with van der Waals surface area (Å²) in [7, 11) is -3.77. The second-order valence-corrected chi connectivity index (χ2v) is 8.17. The first-order valence-corrected chi connectivity index (χ1v) is 10.4. The van der Waals surface area contributed by atoms with E-state index in [-0.39, 0.29) is 35.3 Å². The largest absolute Gasteiger partial charge is 0.482 e. The summed E-state index contributed by atoms with van der Waals surface area (Å²) in [6, 6.07) is 16.8. The topological polar surface area (TPSA) is 106 Å². The Labute approximate surface area is 168 Å². The van der Waals surface area contributed by atoms with Gasteiger partial charge < -0.3 is 14.3 Å². The predicted molar refractivity (Wildman–Crippen MR) is 107 cm³/mol. The smallest absolute Gasteiger partial charge is 0.240 e. The minimum absolute atomic E-state index is 0.0574. The van der Waals surface area contributed by atoms with Crippen molar-refractivity contribution in [3.63, 3.8) is 0 Å². The van der Waals surface area contributed by atoms with E-state index in [1.54, 1.807) is 12.1 Å². The van der Waals surface area contributed by atoms with Crippen molar-refractivity contribution in [2.45, 2.75) is 31.6 Å². The van der Waals surface area contributed by atoms with Crippen molar-refractivity contribution in [2.24, 2.45) is 0 Å². The monoisotopic (exact) mass is 415 g/mol. The van der Waals surface area contributed by atoms with Crippen LogP contribution >= 0.6 is 0 Å². The molecule has 0 saturated carbocycles. The molecule has 1 heterocycles. The van der Waals surface area contributed by atoms with Gasteiger partial charge in [0.15, 0.2) is 5.76 Å². The molecule has 8 heteroatoms. The van der Waals surface area contributed by atoms with Gasteiger partial charge in [0.2, 0.25) is 21.2 Å². The molecule has 3 aromatic rings. The van der Waals surface area contributed by atoms with E-state index in [1.807, 2.05) is 37.3 Å². The molecule has 3 rings (SSSR count). The molecule has 0 radical (unpaired) electrons. The van der Waals surface area contributed by atoms with Gasteiger partial charge in [-0.2, -0.15) is 0 Å². The zero-order valence-corrected chi connectivity index (χ0v) is 16.6. The van der Waals surface area contributed by atoms with Crippen molar-refractivity contribution in [1.29, 1.82) is 0 Å². The van der Waals surface area contributed by atoms with Crippen LogP contribution < -0.4 is 14.9 Å². The van der Waals surface area contributed by atoms with Crippen molar-refractivity contribution in [3.05, 3.63) is 93.5 Å². The van der Waals surface area contributed by atoms with E-state index in [4.69, 9.17) is 9.15 Å². The Kier molecular flexibility index (Phi) is 6.48. The number of ether oxygens (including phenoxy) is 1. The molecule has 1 aromatic heterocycles. The highest BCUT2D eigenvalue weighted by molar-refractivity contribution is 7.89. The van der Waals surface area contributed by atoms with Crippen LogP contribution in [0, 0.1) is 6.92 Å². The van der Waals surface area contributed by atoms with Crippen LogP contribution in [0.2, 0.25) is 0 Å². The molecule has 2 N–H and O–H groups in total. The van der Waals surface area contributed by atoms with E-state index in [2.05, 4.69) is 4.72 Å². The van der Waals surface area contributed by atoms with E-state index in [9.17, 15) is 18.3 Å². The maximum atomic E-state index is 12.4. The van der Waals surface area contributed by atoms with Crippen LogP contribution in [-0.2, 0) is 29.8 Å². The minimum Gasteiger partial charge on any atom is -0.482 e. The van der Waals surface area contributed by atoms with Crippen molar-refractivity contribution >= 4 is 10.0 Å². The molecule has 7 nitrogen and oxygen atoms in total. The number of benzene rings is 2. The first-order chi connectivity index (χ1) is 13.9. The van der Waals surface area contributed by atoms with Gasteiger partial charge >= 0.3 is 0 Å². The van der Waals surface area contributed by atoms with E-state index in [0.717, 1.165) is 17.2 Å². The molecule has 2 aromatic carbocycles. The number of sulfonamides is 1. The molecule has 0 spiro atoms. The summed E-state index contributed by atoms with van der Waals surface area (Å²) in [6.45, 7) is 1.20. The lowest BCUT2D eigenvalue weighted by Gasteiger charge is -2.11. The predicted octanol–water partition coefficient (Wildman–Crippen LogP) is 2.50. The molecule has 0 fully saturated rings. The van der Waals surface area contributed by atoms with Crippen molar-refractivity contribution in [2.75, 3.05) is 0 Å². The summed E-state index contributed by atoms with van der Waals surface area (Å²) < 4.78 is 38.1. The molecular formula is C21H21NO6S. The highest BCUT2D eigenvalue weighted by atomic mass is 32.2. The minimum atomic E-state index is -3.77. The number of hydrogen-bond donors (Lipinski definition) is 2. The molecule has 0 aliphatic carbocycles. The third-order valence-corrected chi connectivity index (χ3v) is 5.58. The number of aliphatic hydroxyl groups excluding tert-OH is 1.